The van der Waals surface area contributed by atoms with Crippen LogP contribution in [0.25, 0.3) is 0 Å². The van der Waals surface area contributed by atoms with Crippen LogP contribution in [0.3, 0.4) is 0 Å². The Morgan fingerprint density at radius 2 is 1.86 bits per heavy atom. The van der Waals surface area contributed by atoms with Crippen LogP contribution >= 0.6 is 11.3 Å². The molecule has 0 aliphatic carbocycles. The van der Waals surface area contributed by atoms with Crippen molar-refractivity contribution >= 4 is 32.2 Å². The molecule has 1 heterocycles. The Kier molecular flexibility index (Phi) is 6.00. The van der Waals surface area contributed by atoms with Crippen LogP contribution in [0.5, 0.6) is 5.75 Å². The number of nitrogens with one attached hydrogen (secondary N) is 1. The largest absolute Gasteiger partial charge is 0.494 e. The van der Waals surface area contributed by atoms with Gasteiger partial charge >= 0.3 is 0 Å². The lowest BCUT2D eigenvalue weighted by atomic mass is 10.2. The number of hydrogen-bond acceptors (Lipinski definition) is 7. The molecular formula is C18H16FN3O4S2. The first-order valence-corrected chi connectivity index (χ1v) is 10.7. The highest BCUT2D eigenvalue weighted by atomic mass is 32.2. The van der Waals surface area contributed by atoms with E-state index in [0.29, 0.717) is 29.3 Å². The number of carbonyl (C=O) groups is 1. The van der Waals surface area contributed by atoms with E-state index in [1.807, 2.05) is 6.92 Å². The van der Waals surface area contributed by atoms with E-state index in [1.165, 1.54) is 18.2 Å². The lowest BCUT2D eigenvalue weighted by molar-refractivity contribution is 0.102. The number of rotatable bonds is 7. The van der Waals surface area contributed by atoms with Gasteiger partial charge in [-0.05, 0) is 37.3 Å². The molecule has 1 amide bonds. The minimum Gasteiger partial charge on any atom is -0.494 e. The van der Waals surface area contributed by atoms with Gasteiger partial charge in [0.25, 0.3) is 5.91 Å². The molecule has 146 valence electrons. The zero-order valence-electron chi connectivity index (χ0n) is 14.8. The third-order valence-corrected chi connectivity index (χ3v) is 6.57. The van der Waals surface area contributed by atoms with E-state index in [1.54, 1.807) is 30.3 Å². The predicted molar refractivity (Wildman–Crippen MR) is 103 cm³/mol. The van der Waals surface area contributed by atoms with Gasteiger partial charge in [-0.3, -0.25) is 10.1 Å². The second-order valence-electron chi connectivity index (χ2n) is 5.64. The van der Waals surface area contributed by atoms with Crippen molar-refractivity contribution in [1.82, 2.24) is 10.2 Å². The molecule has 0 bridgehead atoms. The van der Waals surface area contributed by atoms with Gasteiger partial charge in [0.05, 0.1) is 12.4 Å². The van der Waals surface area contributed by atoms with Gasteiger partial charge < -0.3 is 4.74 Å². The van der Waals surface area contributed by atoms with Crippen LogP contribution in [0, 0.1) is 5.82 Å². The number of carbonyl (C=O) groups excluding carboxylic acids is 1. The Labute approximate surface area is 165 Å². The van der Waals surface area contributed by atoms with Gasteiger partial charge in [0.15, 0.2) is 0 Å². The zero-order chi connectivity index (χ0) is 20.1. The van der Waals surface area contributed by atoms with Gasteiger partial charge in [0.1, 0.15) is 11.6 Å². The Hall–Kier alpha value is -2.85. The summed E-state index contributed by atoms with van der Waals surface area (Å²) in [6.07, 6.45) is 0. The van der Waals surface area contributed by atoms with E-state index in [2.05, 4.69) is 15.5 Å². The van der Waals surface area contributed by atoms with Gasteiger partial charge in [0, 0.05) is 11.1 Å². The Morgan fingerprint density at radius 1 is 1.14 bits per heavy atom. The van der Waals surface area contributed by atoms with Crippen molar-refractivity contribution in [3.8, 4) is 5.75 Å². The number of ether oxygens (including phenoxy) is 1. The van der Waals surface area contributed by atoms with Crippen LogP contribution in [0.2, 0.25) is 0 Å². The van der Waals surface area contributed by atoms with Crippen molar-refractivity contribution in [2.45, 2.75) is 17.0 Å². The Balaban J connectivity index is 1.71. The van der Waals surface area contributed by atoms with Crippen molar-refractivity contribution < 1.29 is 22.3 Å². The molecule has 0 radical (unpaired) electrons. The maximum Gasteiger partial charge on any atom is 0.257 e. The Bertz CT molecular complexity index is 1080. The molecule has 0 unspecified atom stereocenters. The average Bonchev–Trinajstić information content (AvgIpc) is 3.14. The molecule has 28 heavy (non-hydrogen) atoms. The summed E-state index contributed by atoms with van der Waals surface area (Å²) in [7, 11) is -3.89. The summed E-state index contributed by atoms with van der Waals surface area (Å²) in [4.78, 5) is 12.3. The fraction of sp³-hybridized carbons (Fsp3) is 0.167. The topological polar surface area (TPSA) is 98.2 Å². The summed E-state index contributed by atoms with van der Waals surface area (Å²) >= 11 is 0.710. The summed E-state index contributed by atoms with van der Waals surface area (Å²) in [5, 5.41) is 9.86. The second-order valence-corrected chi connectivity index (χ2v) is 8.78. The fourth-order valence-electron chi connectivity index (χ4n) is 2.31. The lowest BCUT2D eigenvalue weighted by Gasteiger charge is -2.04. The SMILES string of the molecule is CCOc1ccc(C(=O)Nc2nnc(S(=O)(=O)Cc3ccccc3F)s2)cc1. The van der Waals surface area contributed by atoms with Crippen molar-refractivity contribution in [1.29, 1.82) is 0 Å². The lowest BCUT2D eigenvalue weighted by Crippen LogP contribution is -2.11. The summed E-state index contributed by atoms with van der Waals surface area (Å²) in [5.74, 6) is -0.977. The molecule has 10 heteroatoms. The first-order valence-electron chi connectivity index (χ1n) is 8.23. The van der Waals surface area contributed by atoms with Crippen molar-refractivity contribution in [2.24, 2.45) is 0 Å². The molecule has 3 rings (SSSR count). The fourth-order valence-corrected chi connectivity index (χ4v) is 4.63. The molecule has 0 fully saturated rings. The standard InChI is InChI=1S/C18H16FN3O4S2/c1-2-26-14-9-7-12(8-10-14)16(23)20-17-21-22-18(27-17)28(24,25)11-13-5-3-4-6-15(13)19/h3-10H,2,11H2,1H3,(H,20,21,23). The molecule has 0 aliphatic rings. The molecule has 0 saturated heterocycles. The van der Waals surface area contributed by atoms with E-state index >= 15 is 0 Å². The molecule has 2 aromatic carbocycles. The molecule has 1 aromatic heterocycles. The normalized spacial score (nSPS) is 11.2. The zero-order valence-corrected chi connectivity index (χ0v) is 16.4. The highest BCUT2D eigenvalue weighted by Crippen LogP contribution is 2.25. The minimum absolute atomic E-state index is 0.0333. The number of nitrogens with zero attached hydrogens (tertiary/aromatic N) is 2. The molecule has 0 atom stereocenters. The number of benzene rings is 2. The number of aromatic nitrogens is 2. The predicted octanol–water partition coefficient (Wildman–Crippen LogP) is 3.30. The van der Waals surface area contributed by atoms with E-state index in [-0.39, 0.29) is 15.0 Å². The highest BCUT2D eigenvalue weighted by Gasteiger charge is 2.23. The van der Waals surface area contributed by atoms with Crippen LogP contribution in [0.1, 0.15) is 22.8 Å². The molecule has 3 aromatic rings. The summed E-state index contributed by atoms with van der Waals surface area (Å²) in [6.45, 7) is 2.37. The third kappa shape index (κ3) is 4.70. The van der Waals surface area contributed by atoms with Crippen LogP contribution in [0.4, 0.5) is 9.52 Å². The van der Waals surface area contributed by atoms with Crippen molar-refractivity contribution in [2.75, 3.05) is 11.9 Å². The van der Waals surface area contributed by atoms with Crippen LogP contribution in [0.15, 0.2) is 52.9 Å². The van der Waals surface area contributed by atoms with Gasteiger partial charge in [-0.2, -0.15) is 0 Å². The van der Waals surface area contributed by atoms with Crippen LogP contribution in [-0.4, -0.2) is 31.1 Å². The number of halogens is 1. The molecule has 1 N–H and O–H groups in total. The summed E-state index contributed by atoms with van der Waals surface area (Å²) < 4.78 is 43.6. The van der Waals surface area contributed by atoms with E-state index in [4.69, 9.17) is 4.74 Å². The smallest absolute Gasteiger partial charge is 0.257 e. The molecule has 7 nitrogen and oxygen atoms in total. The summed E-state index contributed by atoms with van der Waals surface area (Å²) in [5.41, 5.74) is 0.395. The maximum atomic E-state index is 13.7. The third-order valence-electron chi connectivity index (χ3n) is 3.62. The van der Waals surface area contributed by atoms with Crippen LogP contribution < -0.4 is 10.1 Å². The molecular weight excluding hydrogens is 405 g/mol. The monoisotopic (exact) mass is 421 g/mol. The maximum absolute atomic E-state index is 13.7. The minimum atomic E-state index is -3.89. The van der Waals surface area contributed by atoms with Gasteiger partial charge in [-0.25, -0.2) is 12.8 Å². The molecule has 0 spiro atoms. The van der Waals surface area contributed by atoms with E-state index < -0.39 is 27.3 Å². The van der Waals surface area contributed by atoms with Crippen molar-refractivity contribution in [3.63, 3.8) is 0 Å². The first-order chi connectivity index (χ1) is 13.4. The van der Waals surface area contributed by atoms with Gasteiger partial charge in [-0.1, -0.05) is 29.5 Å². The number of sulfone groups is 1. The number of hydrogen-bond donors (Lipinski definition) is 1. The van der Waals surface area contributed by atoms with E-state index in [0.717, 1.165) is 0 Å². The highest BCUT2D eigenvalue weighted by molar-refractivity contribution is 7.92. The first kappa shape index (κ1) is 19.9. The number of amides is 1. The van der Waals surface area contributed by atoms with Crippen molar-refractivity contribution in [3.05, 3.63) is 65.5 Å². The molecule has 0 aliphatic heterocycles. The summed E-state index contributed by atoms with van der Waals surface area (Å²) in [6, 6.07) is 12.1. The van der Waals surface area contributed by atoms with Crippen LogP contribution in [-0.2, 0) is 15.6 Å². The number of anilines is 1. The van der Waals surface area contributed by atoms with Gasteiger partial charge in [0.2, 0.25) is 19.3 Å². The second kappa shape index (κ2) is 8.44. The quantitative estimate of drug-likeness (QED) is 0.588. The van der Waals surface area contributed by atoms with E-state index in [9.17, 15) is 17.6 Å². The average molecular weight is 421 g/mol. The Morgan fingerprint density at radius 3 is 2.54 bits per heavy atom. The van der Waals surface area contributed by atoms with Gasteiger partial charge in [-0.15, -0.1) is 10.2 Å². The molecule has 0 saturated carbocycles.